The number of halogens is 1. The molecule has 2 atom stereocenters. The summed E-state index contributed by atoms with van der Waals surface area (Å²) in [6.07, 6.45) is 1.06. The second kappa shape index (κ2) is 4.23. The molecule has 0 aliphatic heterocycles. The number of likely N-dealkylation sites (N-methyl/N-ethyl adjacent to an activating group) is 1. The van der Waals surface area contributed by atoms with E-state index in [1.807, 2.05) is 25.2 Å². The number of nitrogens with zero attached hydrogens (tertiary/aromatic N) is 1. The molecule has 1 aliphatic carbocycles. The molecule has 0 spiro atoms. The highest BCUT2D eigenvalue weighted by Crippen LogP contribution is 2.44. The van der Waals surface area contributed by atoms with Crippen LogP contribution in [0.5, 0.6) is 0 Å². The van der Waals surface area contributed by atoms with E-state index in [4.69, 9.17) is 11.6 Å². The molecule has 1 aromatic carbocycles. The maximum Gasteiger partial charge on any atom is 0.237 e. The van der Waals surface area contributed by atoms with Gasteiger partial charge in [-0.05, 0) is 12.0 Å². The van der Waals surface area contributed by atoms with Crippen LogP contribution in [0.25, 0.3) is 0 Å². The van der Waals surface area contributed by atoms with E-state index in [0.29, 0.717) is 12.0 Å². The maximum atomic E-state index is 11.4. The van der Waals surface area contributed by atoms with Crippen LogP contribution >= 0.6 is 11.6 Å². The van der Waals surface area contributed by atoms with Crippen molar-refractivity contribution in [3.8, 4) is 0 Å². The topological polar surface area (TPSA) is 20.3 Å². The summed E-state index contributed by atoms with van der Waals surface area (Å²) in [5.41, 5.74) is 1.32. The van der Waals surface area contributed by atoms with Gasteiger partial charge in [-0.1, -0.05) is 30.3 Å². The van der Waals surface area contributed by atoms with Crippen molar-refractivity contribution in [3.63, 3.8) is 0 Å². The second-order valence-electron chi connectivity index (χ2n) is 3.96. The van der Waals surface area contributed by atoms with Crippen molar-refractivity contribution < 1.29 is 4.79 Å². The molecule has 1 aromatic rings. The number of hydrogen-bond donors (Lipinski definition) is 0. The normalized spacial score (nSPS) is 23.6. The quantitative estimate of drug-likeness (QED) is 0.720. The zero-order valence-electron chi connectivity index (χ0n) is 8.69. The first-order chi connectivity index (χ1) is 7.24. The Balaban J connectivity index is 1.99. The number of hydrogen-bond acceptors (Lipinski definition) is 1. The molecule has 0 saturated heterocycles. The molecule has 1 aliphatic rings. The van der Waals surface area contributed by atoms with Crippen molar-refractivity contribution in [2.45, 2.75) is 18.4 Å². The Morgan fingerprint density at radius 3 is 2.73 bits per heavy atom. The molecule has 2 rings (SSSR count). The smallest absolute Gasteiger partial charge is 0.237 e. The van der Waals surface area contributed by atoms with E-state index >= 15 is 0 Å². The van der Waals surface area contributed by atoms with Crippen LogP contribution < -0.4 is 0 Å². The minimum Gasteiger partial charge on any atom is -0.341 e. The minimum absolute atomic E-state index is 0.0140. The highest BCUT2D eigenvalue weighted by molar-refractivity contribution is 6.27. The second-order valence-corrected chi connectivity index (χ2v) is 4.23. The van der Waals surface area contributed by atoms with Gasteiger partial charge in [0.2, 0.25) is 5.91 Å². The van der Waals surface area contributed by atoms with E-state index in [1.165, 1.54) is 5.56 Å². The van der Waals surface area contributed by atoms with Gasteiger partial charge in [0.25, 0.3) is 0 Å². The third-order valence-electron chi connectivity index (χ3n) is 2.99. The highest BCUT2D eigenvalue weighted by Gasteiger charge is 2.42. The van der Waals surface area contributed by atoms with Gasteiger partial charge < -0.3 is 4.90 Å². The first kappa shape index (κ1) is 10.5. The number of amides is 1. The summed E-state index contributed by atoms with van der Waals surface area (Å²) >= 11 is 5.52. The summed E-state index contributed by atoms with van der Waals surface area (Å²) in [7, 11) is 1.83. The molecule has 80 valence electrons. The summed E-state index contributed by atoms with van der Waals surface area (Å²) in [5.74, 6) is 0.595. The minimum atomic E-state index is 0.0140. The third-order valence-corrected chi connectivity index (χ3v) is 3.22. The lowest BCUT2D eigenvalue weighted by Gasteiger charge is -2.15. The SMILES string of the molecule is CN(C(=O)CCl)C1CC1c1ccccc1. The van der Waals surface area contributed by atoms with Gasteiger partial charge in [0, 0.05) is 19.0 Å². The maximum absolute atomic E-state index is 11.4. The van der Waals surface area contributed by atoms with Crippen LogP contribution in [-0.4, -0.2) is 29.8 Å². The summed E-state index contributed by atoms with van der Waals surface area (Å²) in [6, 6.07) is 10.7. The lowest BCUT2D eigenvalue weighted by molar-refractivity contribution is -0.127. The van der Waals surface area contributed by atoms with E-state index < -0.39 is 0 Å². The Morgan fingerprint density at radius 2 is 2.13 bits per heavy atom. The van der Waals surface area contributed by atoms with Crippen molar-refractivity contribution >= 4 is 17.5 Å². The Bertz CT molecular complexity index is 352. The fourth-order valence-corrected chi connectivity index (χ4v) is 2.14. The largest absolute Gasteiger partial charge is 0.341 e. The predicted molar refractivity (Wildman–Crippen MR) is 61.1 cm³/mol. The summed E-state index contributed by atoms with van der Waals surface area (Å²) in [4.78, 5) is 13.1. The molecule has 1 amide bonds. The van der Waals surface area contributed by atoms with Gasteiger partial charge in [-0.15, -0.1) is 11.6 Å². The predicted octanol–water partition coefficient (Wildman–Crippen LogP) is 2.24. The average molecular weight is 224 g/mol. The number of carbonyl (C=O) groups is 1. The molecule has 1 fully saturated rings. The molecule has 0 heterocycles. The van der Waals surface area contributed by atoms with Crippen LogP contribution in [0.1, 0.15) is 17.9 Å². The Labute approximate surface area is 94.8 Å². The standard InChI is InChI=1S/C12H14ClNO/c1-14(12(15)8-13)11-7-10(11)9-5-3-2-4-6-9/h2-6,10-11H,7-8H2,1H3. The Morgan fingerprint density at radius 1 is 1.47 bits per heavy atom. The molecule has 0 radical (unpaired) electrons. The van der Waals surface area contributed by atoms with Crippen molar-refractivity contribution in [3.05, 3.63) is 35.9 Å². The highest BCUT2D eigenvalue weighted by atomic mass is 35.5. The lowest BCUT2D eigenvalue weighted by atomic mass is 10.1. The van der Waals surface area contributed by atoms with Gasteiger partial charge in [0.15, 0.2) is 0 Å². The lowest BCUT2D eigenvalue weighted by Crippen LogP contribution is -2.30. The van der Waals surface area contributed by atoms with Gasteiger partial charge >= 0.3 is 0 Å². The number of alkyl halides is 1. The number of benzene rings is 1. The van der Waals surface area contributed by atoms with Crippen molar-refractivity contribution in [2.75, 3.05) is 12.9 Å². The monoisotopic (exact) mass is 223 g/mol. The molecular formula is C12H14ClNO. The van der Waals surface area contributed by atoms with Crippen LogP contribution in [0, 0.1) is 0 Å². The Hall–Kier alpha value is -1.02. The fourth-order valence-electron chi connectivity index (χ4n) is 1.95. The van der Waals surface area contributed by atoms with E-state index in [9.17, 15) is 4.79 Å². The van der Waals surface area contributed by atoms with Gasteiger partial charge in [-0.3, -0.25) is 4.79 Å². The first-order valence-corrected chi connectivity index (χ1v) is 5.64. The summed E-state index contributed by atoms with van der Waals surface area (Å²) < 4.78 is 0. The van der Waals surface area contributed by atoms with E-state index in [-0.39, 0.29) is 11.8 Å². The molecule has 0 aromatic heterocycles. The van der Waals surface area contributed by atoms with Gasteiger partial charge in [-0.2, -0.15) is 0 Å². The molecule has 0 bridgehead atoms. The zero-order valence-corrected chi connectivity index (χ0v) is 9.45. The van der Waals surface area contributed by atoms with Gasteiger partial charge in [0.05, 0.1) is 0 Å². The van der Waals surface area contributed by atoms with Crippen LogP contribution in [0.4, 0.5) is 0 Å². The van der Waals surface area contributed by atoms with Crippen LogP contribution in [-0.2, 0) is 4.79 Å². The number of rotatable bonds is 3. The third kappa shape index (κ3) is 2.15. The zero-order chi connectivity index (χ0) is 10.8. The van der Waals surface area contributed by atoms with E-state index in [0.717, 1.165) is 6.42 Å². The molecule has 3 heteroatoms. The first-order valence-electron chi connectivity index (χ1n) is 5.10. The van der Waals surface area contributed by atoms with Crippen LogP contribution in [0.3, 0.4) is 0 Å². The molecule has 2 unspecified atom stereocenters. The van der Waals surface area contributed by atoms with Crippen LogP contribution in [0.2, 0.25) is 0 Å². The number of carbonyl (C=O) groups excluding carboxylic acids is 1. The van der Waals surface area contributed by atoms with Gasteiger partial charge in [-0.25, -0.2) is 0 Å². The molecule has 2 nitrogen and oxygen atoms in total. The Kier molecular flexibility index (Phi) is 2.96. The van der Waals surface area contributed by atoms with Crippen molar-refractivity contribution in [1.82, 2.24) is 4.90 Å². The van der Waals surface area contributed by atoms with Crippen molar-refractivity contribution in [2.24, 2.45) is 0 Å². The molecular weight excluding hydrogens is 210 g/mol. The molecule has 1 saturated carbocycles. The average Bonchev–Trinajstić information content (AvgIpc) is 3.08. The van der Waals surface area contributed by atoms with E-state index in [1.54, 1.807) is 4.90 Å². The summed E-state index contributed by atoms with van der Waals surface area (Å²) in [6.45, 7) is 0. The van der Waals surface area contributed by atoms with Gasteiger partial charge in [0.1, 0.15) is 5.88 Å². The fraction of sp³-hybridized carbons (Fsp3) is 0.417. The summed E-state index contributed by atoms with van der Waals surface area (Å²) in [5, 5.41) is 0. The molecule has 0 N–H and O–H groups in total. The van der Waals surface area contributed by atoms with Crippen LogP contribution in [0.15, 0.2) is 30.3 Å². The van der Waals surface area contributed by atoms with E-state index in [2.05, 4.69) is 12.1 Å². The molecule has 15 heavy (non-hydrogen) atoms. The van der Waals surface area contributed by atoms with Crippen molar-refractivity contribution in [1.29, 1.82) is 0 Å².